The average Bonchev–Trinajstić information content (AvgIpc) is 2.35. The number of rotatable bonds is 6. The highest BCUT2D eigenvalue weighted by molar-refractivity contribution is 9.10. The summed E-state index contributed by atoms with van der Waals surface area (Å²) in [6, 6.07) is 7.25. The first-order valence-electron chi connectivity index (χ1n) is 6.31. The third-order valence-corrected chi connectivity index (χ3v) is 3.63. The topological polar surface area (TPSA) is 69.6 Å². The molecule has 1 aromatic carbocycles. The minimum Gasteiger partial charge on any atom is -0.480 e. The molecule has 1 rings (SSSR count). The van der Waals surface area contributed by atoms with Gasteiger partial charge in [0.05, 0.1) is 6.54 Å². The number of hydrogen-bond acceptors (Lipinski definition) is 3. The van der Waals surface area contributed by atoms with Crippen molar-refractivity contribution in [3.63, 3.8) is 0 Å². The van der Waals surface area contributed by atoms with Crippen LogP contribution in [0.15, 0.2) is 28.7 Å². The van der Waals surface area contributed by atoms with Gasteiger partial charge in [-0.1, -0.05) is 28.9 Å². The highest BCUT2D eigenvalue weighted by Crippen LogP contribution is 2.17. The molecule has 0 aliphatic heterocycles. The SMILES string of the molecule is CCN(CC(=O)Nc1cccc(Br)c1)C(C)(C)C(=O)O. The summed E-state index contributed by atoms with van der Waals surface area (Å²) in [5, 5.41) is 12.0. The first-order valence-corrected chi connectivity index (χ1v) is 7.10. The van der Waals surface area contributed by atoms with Crippen LogP contribution in [-0.2, 0) is 9.59 Å². The number of carbonyl (C=O) groups excluding carboxylic acids is 1. The van der Waals surface area contributed by atoms with Crippen molar-refractivity contribution >= 4 is 33.5 Å². The van der Waals surface area contributed by atoms with Crippen LogP contribution in [0.5, 0.6) is 0 Å². The number of anilines is 1. The number of carbonyl (C=O) groups is 2. The van der Waals surface area contributed by atoms with Crippen molar-refractivity contribution in [1.82, 2.24) is 4.90 Å². The van der Waals surface area contributed by atoms with Gasteiger partial charge in [-0.2, -0.15) is 0 Å². The van der Waals surface area contributed by atoms with Gasteiger partial charge in [0.2, 0.25) is 5.91 Å². The summed E-state index contributed by atoms with van der Waals surface area (Å²) in [6.07, 6.45) is 0. The van der Waals surface area contributed by atoms with Gasteiger partial charge in [-0.25, -0.2) is 0 Å². The Morgan fingerprint density at radius 3 is 2.55 bits per heavy atom. The number of carboxylic acid groups (broad SMARTS) is 1. The number of nitrogens with zero attached hydrogens (tertiary/aromatic N) is 1. The predicted octanol–water partition coefficient (Wildman–Crippen LogP) is 2.57. The largest absolute Gasteiger partial charge is 0.480 e. The predicted molar refractivity (Wildman–Crippen MR) is 81.7 cm³/mol. The molecule has 0 aliphatic rings. The van der Waals surface area contributed by atoms with Gasteiger partial charge in [0.15, 0.2) is 0 Å². The second-order valence-corrected chi connectivity index (χ2v) is 5.85. The fourth-order valence-electron chi connectivity index (χ4n) is 1.78. The monoisotopic (exact) mass is 342 g/mol. The van der Waals surface area contributed by atoms with Crippen LogP contribution < -0.4 is 5.32 Å². The second-order valence-electron chi connectivity index (χ2n) is 4.94. The molecule has 5 nitrogen and oxygen atoms in total. The van der Waals surface area contributed by atoms with E-state index >= 15 is 0 Å². The minimum absolute atomic E-state index is 0.0301. The number of carboxylic acids is 1. The molecular formula is C14H19BrN2O3. The molecule has 0 unspecified atom stereocenters. The summed E-state index contributed by atoms with van der Waals surface area (Å²) in [7, 11) is 0. The van der Waals surface area contributed by atoms with E-state index < -0.39 is 11.5 Å². The zero-order valence-corrected chi connectivity index (χ0v) is 13.4. The van der Waals surface area contributed by atoms with Crippen molar-refractivity contribution in [3.05, 3.63) is 28.7 Å². The number of halogens is 1. The minimum atomic E-state index is -1.08. The molecule has 0 saturated carbocycles. The van der Waals surface area contributed by atoms with E-state index in [1.807, 2.05) is 19.1 Å². The Labute approximate surface area is 127 Å². The molecular weight excluding hydrogens is 324 g/mol. The molecule has 110 valence electrons. The van der Waals surface area contributed by atoms with E-state index in [0.29, 0.717) is 12.2 Å². The lowest BCUT2D eigenvalue weighted by Gasteiger charge is -2.33. The van der Waals surface area contributed by atoms with Crippen LogP contribution in [-0.4, -0.2) is 40.5 Å². The summed E-state index contributed by atoms with van der Waals surface area (Å²) < 4.78 is 0.869. The van der Waals surface area contributed by atoms with E-state index in [4.69, 9.17) is 0 Å². The van der Waals surface area contributed by atoms with Crippen molar-refractivity contribution in [2.45, 2.75) is 26.3 Å². The first kappa shape index (κ1) is 16.7. The highest BCUT2D eigenvalue weighted by Gasteiger charge is 2.34. The van der Waals surface area contributed by atoms with Gasteiger partial charge in [0.25, 0.3) is 0 Å². The Kier molecular flexibility index (Phi) is 5.71. The lowest BCUT2D eigenvalue weighted by molar-refractivity contribution is -0.149. The Morgan fingerprint density at radius 1 is 1.40 bits per heavy atom. The molecule has 0 bridgehead atoms. The molecule has 6 heteroatoms. The van der Waals surface area contributed by atoms with Crippen molar-refractivity contribution in [2.24, 2.45) is 0 Å². The van der Waals surface area contributed by atoms with Gasteiger partial charge in [0.1, 0.15) is 5.54 Å². The zero-order chi connectivity index (χ0) is 15.3. The Balaban J connectivity index is 2.71. The number of amides is 1. The molecule has 0 saturated heterocycles. The van der Waals surface area contributed by atoms with Crippen LogP contribution in [0.4, 0.5) is 5.69 Å². The summed E-state index contributed by atoms with van der Waals surface area (Å²) in [6.45, 7) is 5.51. The lowest BCUT2D eigenvalue weighted by Crippen LogP contribution is -2.52. The van der Waals surface area contributed by atoms with Crippen LogP contribution in [0, 0.1) is 0 Å². The van der Waals surface area contributed by atoms with Crippen molar-refractivity contribution in [2.75, 3.05) is 18.4 Å². The van der Waals surface area contributed by atoms with Crippen LogP contribution in [0.1, 0.15) is 20.8 Å². The highest BCUT2D eigenvalue weighted by atomic mass is 79.9. The van der Waals surface area contributed by atoms with E-state index in [2.05, 4.69) is 21.2 Å². The van der Waals surface area contributed by atoms with Crippen LogP contribution in [0.3, 0.4) is 0 Å². The van der Waals surface area contributed by atoms with Gasteiger partial charge < -0.3 is 10.4 Å². The van der Waals surface area contributed by atoms with Gasteiger partial charge in [-0.15, -0.1) is 0 Å². The number of benzene rings is 1. The molecule has 0 atom stereocenters. The molecule has 0 aromatic heterocycles. The molecule has 0 radical (unpaired) electrons. The molecule has 1 amide bonds. The molecule has 0 spiro atoms. The quantitative estimate of drug-likeness (QED) is 0.833. The first-order chi connectivity index (χ1) is 9.27. The molecule has 0 fully saturated rings. The van der Waals surface area contributed by atoms with E-state index in [0.717, 1.165) is 4.47 Å². The van der Waals surface area contributed by atoms with Gasteiger partial charge in [-0.3, -0.25) is 14.5 Å². The maximum atomic E-state index is 12.0. The zero-order valence-electron chi connectivity index (χ0n) is 11.8. The number of aliphatic carboxylic acids is 1. The Bertz CT molecular complexity index is 503. The van der Waals surface area contributed by atoms with Crippen LogP contribution in [0.25, 0.3) is 0 Å². The third-order valence-electron chi connectivity index (χ3n) is 3.14. The molecule has 0 heterocycles. The molecule has 20 heavy (non-hydrogen) atoms. The fourth-order valence-corrected chi connectivity index (χ4v) is 2.18. The average molecular weight is 343 g/mol. The summed E-state index contributed by atoms with van der Waals surface area (Å²) in [5.74, 6) is -1.19. The van der Waals surface area contributed by atoms with E-state index in [9.17, 15) is 14.7 Å². The van der Waals surface area contributed by atoms with Crippen molar-refractivity contribution in [3.8, 4) is 0 Å². The molecule has 2 N–H and O–H groups in total. The molecule has 1 aromatic rings. The summed E-state index contributed by atoms with van der Waals surface area (Å²) in [5.41, 5.74) is -0.405. The number of likely N-dealkylation sites (N-methyl/N-ethyl adjacent to an activating group) is 1. The third kappa shape index (κ3) is 4.31. The summed E-state index contributed by atoms with van der Waals surface area (Å²) >= 11 is 3.33. The van der Waals surface area contributed by atoms with Gasteiger partial charge in [-0.05, 0) is 38.6 Å². The van der Waals surface area contributed by atoms with Crippen LogP contribution in [0.2, 0.25) is 0 Å². The number of nitrogens with one attached hydrogen (secondary N) is 1. The maximum Gasteiger partial charge on any atom is 0.323 e. The van der Waals surface area contributed by atoms with Crippen molar-refractivity contribution in [1.29, 1.82) is 0 Å². The van der Waals surface area contributed by atoms with Gasteiger partial charge in [0, 0.05) is 10.2 Å². The number of hydrogen-bond donors (Lipinski definition) is 2. The maximum absolute atomic E-state index is 12.0. The Hall–Kier alpha value is -1.40. The second kappa shape index (κ2) is 6.85. The fraction of sp³-hybridized carbons (Fsp3) is 0.429. The smallest absolute Gasteiger partial charge is 0.323 e. The van der Waals surface area contributed by atoms with Gasteiger partial charge >= 0.3 is 5.97 Å². The van der Waals surface area contributed by atoms with Crippen molar-refractivity contribution < 1.29 is 14.7 Å². The van der Waals surface area contributed by atoms with E-state index in [-0.39, 0.29) is 12.5 Å². The molecule has 0 aliphatic carbocycles. The lowest BCUT2D eigenvalue weighted by atomic mass is 10.0. The standard InChI is InChI=1S/C14H19BrN2O3/c1-4-17(14(2,3)13(19)20)9-12(18)16-11-7-5-6-10(15)8-11/h5-8H,4,9H2,1-3H3,(H,16,18)(H,19,20). The van der Waals surface area contributed by atoms with Crippen LogP contribution >= 0.6 is 15.9 Å². The normalized spacial score (nSPS) is 11.4. The summed E-state index contributed by atoms with van der Waals surface area (Å²) in [4.78, 5) is 24.8. The van der Waals surface area contributed by atoms with E-state index in [1.54, 1.807) is 30.9 Å². The Morgan fingerprint density at radius 2 is 2.05 bits per heavy atom. The van der Waals surface area contributed by atoms with E-state index in [1.165, 1.54) is 0 Å².